The van der Waals surface area contributed by atoms with E-state index in [9.17, 15) is 5.11 Å². The second-order valence-corrected chi connectivity index (χ2v) is 3.05. The smallest absolute Gasteiger partial charge is 0.193 e. The van der Waals surface area contributed by atoms with E-state index in [1.165, 1.54) is 6.34 Å². The molecular weight excluding hydrogens is 215 g/mol. The molecule has 0 aliphatic carbocycles. The van der Waals surface area contributed by atoms with E-state index >= 15 is 0 Å². The Balaban J connectivity index is 2.56. The first kappa shape index (κ1) is 8.68. The molecule has 1 unspecified atom stereocenters. The molecule has 1 aromatic rings. The van der Waals surface area contributed by atoms with Crippen LogP contribution in [0, 0.1) is 0 Å². The maximum atomic E-state index is 9.33. The predicted molar refractivity (Wildman–Crippen MR) is 49.1 cm³/mol. The van der Waals surface area contributed by atoms with E-state index in [-0.39, 0.29) is 16.0 Å². The Morgan fingerprint density at radius 2 is 2.00 bits per heavy atom. The monoisotopic (exact) mass is 218 g/mol. The molecule has 5 nitrogen and oxygen atoms in total. The minimum atomic E-state index is -1.03. The van der Waals surface area contributed by atoms with Crippen LogP contribution in [0.15, 0.2) is 4.99 Å². The van der Waals surface area contributed by atoms with Crippen molar-refractivity contribution in [2.24, 2.45) is 4.99 Å². The number of aromatic nitrogens is 2. The van der Waals surface area contributed by atoms with Crippen molar-refractivity contribution in [1.82, 2.24) is 9.97 Å². The number of rotatable bonds is 0. The second-order valence-electron chi connectivity index (χ2n) is 2.34. The normalized spacial score (nSPS) is 19.5. The molecule has 2 heterocycles. The van der Waals surface area contributed by atoms with Gasteiger partial charge in [0.25, 0.3) is 0 Å². The zero-order chi connectivity index (χ0) is 9.42. The molecule has 68 valence electrons. The van der Waals surface area contributed by atoms with E-state index in [2.05, 4.69) is 20.3 Å². The summed E-state index contributed by atoms with van der Waals surface area (Å²) in [6.45, 7) is 0. The molecule has 1 atom stereocenters. The van der Waals surface area contributed by atoms with Crippen molar-refractivity contribution in [3.05, 3.63) is 16.0 Å². The van der Waals surface area contributed by atoms with Crippen LogP contribution in [0.4, 0.5) is 5.82 Å². The topological polar surface area (TPSA) is 70.4 Å². The Bertz CT molecular complexity index is 381. The molecule has 0 spiro atoms. The minimum absolute atomic E-state index is 0.0540. The van der Waals surface area contributed by atoms with Crippen LogP contribution in [0.25, 0.3) is 0 Å². The molecule has 1 aliphatic heterocycles. The first-order chi connectivity index (χ1) is 6.18. The number of aliphatic hydroxyl groups is 1. The van der Waals surface area contributed by atoms with Crippen molar-refractivity contribution in [2.75, 3.05) is 5.32 Å². The maximum absolute atomic E-state index is 9.33. The van der Waals surface area contributed by atoms with Crippen LogP contribution in [0.1, 0.15) is 11.9 Å². The summed E-state index contributed by atoms with van der Waals surface area (Å²) in [6.07, 6.45) is 0.296. The highest BCUT2D eigenvalue weighted by atomic mass is 35.5. The first-order valence-corrected chi connectivity index (χ1v) is 4.13. The fraction of sp³-hybridized carbons (Fsp3) is 0.167. The summed E-state index contributed by atoms with van der Waals surface area (Å²) < 4.78 is 0. The minimum Gasteiger partial charge on any atom is -0.366 e. The Hall–Kier alpha value is -0.910. The fourth-order valence-corrected chi connectivity index (χ4v) is 1.19. The van der Waals surface area contributed by atoms with E-state index < -0.39 is 6.23 Å². The fourth-order valence-electron chi connectivity index (χ4n) is 0.932. The van der Waals surface area contributed by atoms with Gasteiger partial charge in [0.1, 0.15) is 5.69 Å². The lowest BCUT2D eigenvalue weighted by Gasteiger charge is -2.14. The third kappa shape index (κ3) is 1.46. The third-order valence-electron chi connectivity index (χ3n) is 1.50. The molecule has 1 aliphatic rings. The molecule has 0 amide bonds. The molecule has 0 radical (unpaired) electrons. The second kappa shape index (κ2) is 3.10. The highest BCUT2D eigenvalue weighted by Gasteiger charge is 2.19. The van der Waals surface area contributed by atoms with Crippen molar-refractivity contribution in [3.63, 3.8) is 0 Å². The number of hydrogen-bond donors (Lipinski definition) is 2. The molecular formula is C6H4Cl2N4O. The molecule has 13 heavy (non-hydrogen) atoms. The van der Waals surface area contributed by atoms with Crippen LogP contribution in [-0.2, 0) is 0 Å². The van der Waals surface area contributed by atoms with Gasteiger partial charge in [-0.1, -0.05) is 23.2 Å². The summed E-state index contributed by atoms with van der Waals surface area (Å²) >= 11 is 11.2. The van der Waals surface area contributed by atoms with Gasteiger partial charge in [-0.05, 0) is 0 Å². The van der Waals surface area contributed by atoms with Gasteiger partial charge in [-0.2, -0.15) is 0 Å². The van der Waals surface area contributed by atoms with E-state index in [0.717, 1.165) is 0 Å². The van der Waals surface area contributed by atoms with Crippen molar-refractivity contribution in [2.45, 2.75) is 6.23 Å². The number of aliphatic hydroxyl groups excluding tert-OH is 1. The van der Waals surface area contributed by atoms with E-state index in [0.29, 0.717) is 5.82 Å². The van der Waals surface area contributed by atoms with Crippen LogP contribution in [0.2, 0.25) is 10.3 Å². The standard InChI is InChI=1S/C6H4Cl2N4O/c7-3-4(8)12-5-2(11-3)6(13)10-1-9-5/h1,6,13H,(H,9,10,12). The molecule has 0 saturated carbocycles. The highest BCUT2D eigenvalue weighted by Crippen LogP contribution is 2.27. The Kier molecular flexibility index (Phi) is 2.07. The van der Waals surface area contributed by atoms with Crippen molar-refractivity contribution in [3.8, 4) is 0 Å². The van der Waals surface area contributed by atoms with Crippen molar-refractivity contribution < 1.29 is 5.11 Å². The quantitative estimate of drug-likeness (QED) is 0.688. The predicted octanol–water partition coefficient (Wildman–Crippen LogP) is 1.23. The van der Waals surface area contributed by atoms with Gasteiger partial charge in [-0.15, -0.1) is 0 Å². The largest absolute Gasteiger partial charge is 0.366 e. The van der Waals surface area contributed by atoms with Crippen molar-refractivity contribution in [1.29, 1.82) is 0 Å². The molecule has 0 saturated heterocycles. The van der Waals surface area contributed by atoms with E-state index in [1.54, 1.807) is 0 Å². The average Bonchev–Trinajstić information content (AvgIpc) is 2.09. The summed E-state index contributed by atoms with van der Waals surface area (Å²) in [6, 6.07) is 0. The lowest BCUT2D eigenvalue weighted by molar-refractivity contribution is 0.183. The number of aliphatic imine (C=N–C) groups is 1. The van der Waals surface area contributed by atoms with Gasteiger partial charge in [-0.3, -0.25) is 0 Å². The van der Waals surface area contributed by atoms with Gasteiger partial charge >= 0.3 is 0 Å². The Morgan fingerprint density at radius 3 is 2.77 bits per heavy atom. The highest BCUT2D eigenvalue weighted by molar-refractivity contribution is 6.40. The van der Waals surface area contributed by atoms with Crippen molar-refractivity contribution >= 4 is 35.4 Å². The number of nitrogens with one attached hydrogen (secondary N) is 1. The summed E-state index contributed by atoms with van der Waals surface area (Å²) in [5, 5.41) is 12.2. The van der Waals surface area contributed by atoms with Gasteiger partial charge in [0.05, 0.1) is 6.34 Å². The van der Waals surface area contributed by atoms with Gasteiger partial charge in [0.15, 0.2) is 22.4 Å². The molecule has 0 bridgehead atoms. The van der Waals surface area contributed by atoms with Crippen LogP contribution in [-0.4, -0.2) is 21.4 Å². The summed E-state index contributed by atoms with van der Waals surface area (Å²) in [4.78, 5) is 11.4. The average molecular weight is 219 g/mol. The number of fused-ring (bicyclic) bond motifs is 1. The molecule has 0 aromatic carbocycles. The van der Waals surface area contributed by atoms with Crippen LogP contribution in [0.5, 0.6) is 0 Å². The molecule has 7 heteroatoms. The Morgan fingerprint density at radius 1 is 1.31 bits per heavy atom. The first-order valence-electron chi connectivity index (χ1n) is 3.37. The number of nitrogens with zero attached hydrogens (tertiary/aromatic N) is 3. The van der Waals surface area contributed by atoms with E-state index in [1.807, 2.05) is 0 Å². The lowest BCUT2D eigenvalue weighted by Crippen LogP contribution is -2.13. The van der Waals surface area contributed by atoms with Gasteiger partial charge in [-0.25, -0.2) is 15.0 Å². The number of hydrogen-bond acceptors (Lipinski definition) is 5. The summed E-state index contributed by atoms with van der Waals surface area (Å²) in [7, 11) is 0. The summed E-state index contributed by atoms with van der Waals surface area (Å²) in [5.41, 5.74) is 0.275. The number of halogens is 2. The van der Waals surface area contributed by atoms with Crippen LogP contribution in [0.3, 0.4) is 0 Å². The maximum Gasteiger partial charge on any atom is 0.193 e. The zero-order valence-corrected chi connectivity index (χ0v) is 7.71. The zero-order valence-electron chi connectivity index (χ0n) is 6.20. The molecule has 2 rings (SSSR count). The third-order valence-corrected chi connectivity index (χ3v) is 2.13. The van der Waals surface area contributed by atoms with E-state index in [4.69, 9.17) is 23.2 Å². The van der Waals surface area contributed by atoms with Gasteiger partial charge in [0, 0.05) is 0 Å². The van der Waals surface area contributed by atoms with Gasteiger partial charge in [0.2, 0.25) is 0 Å². The van der Waals surface area contributed by atoms with Crippen LogP contribution >= 0.6 is 23.2 Å². The molecule has 2 N–H and O–H groups in total. The molecule has 0 fully saturated rings. The van der Waals surface area contributed by atoms with Gasteiger partial charge < -0.3 is 10.4 Å². The Labute approximate surface area is 83.4 Å². The summed E-state index contributed by atoms with van der Waals surface area (Å²) in [5.74, 6) is 0.372. The lowest BCUT2D eigenvalue weighted by atomic mass is 10.3. The SMILES string of the molecule is OC1N=CNc2nc(Cl)c(Cl)nc21. The number of anilines is 1. The molecule has 1 aromatic heterocycles. The van der Waals surface area contributed by atoms with Crippen LogP contribution < -0.4 is 5.32 Å².